The Hall–Kier alpha value is -3.74. The summed E-state index contributed by atoms with van der Waals surface area (Å²) < 4.78 is 33.8. The molecule has 31 heavy (non-hydrogen) atoms. The molecule has 2 amide bonds. The van der Waals surface area contributed by atoms with Crippen molar-refractivity contribution >= 4 is 23.2 Å². The molecule has 3 aromatic rings. The van der Waals surface area contributed by atoms with Gasteiger partial charge in [0.15, 0.2) is 0 Å². The van der Waals surface area contributed by atoms with Gasteiger partial charge in [0, 0.05) is 0 Å². The minimum Gasteiger partial charge on any atom is -0.497 e. The van der Waals surface area contributed by atoms with Crippen molar-refractivity contribution in [2.24, 2.45) is 0 Å². The van der Waals surface area contributed by atoms with Gasteiger partial charge in [0.05, 0.1) is 25.0 Å². The second kappa shape index (κ2) is 8.18. The highest BCUT2D eigenvalue weighted by Gasteiger charge is 2.40. The van der Waals surface area contributed by atoms with Gasteiger partial charge < -0.3 is 9.64 Å². The highest BCUT2D eigenvalue weighted by atomic mass is 19.1. The number of carbonyl (C=O) groups is 2. The molecular weight excluding hydrogens is 402 g/mol. The van der Waals surface area contributed by atoms with E-state index in [0.717, 1.165) is 22.6 Å². The minimum absolute atomic E-state index is 0.257. The van der Waals surface area contributed by atoms with Crippen LogP contribution in [0.4, 0.5) is 20.2 Å². The number of ether oxygens (including phenoxy) is 1. The van der Waals surface area contributed by atoms with Gasteiger partial charge in [-0.25, -0.2) is 8.78 Å². The van der Waals surface area contributed by atoms with E-state index in [9.17, 15) is 18.4 Å². The van der Waals surface area contributed by atoms with E-state index in [2.05, 4.69) is 0 Å². The molecular formula is C24H20F2N2O3. The molecule has 0 radical (unpaired) electrons. The normalized spacial score (nSPS) is 15.6. The van der Waals surface area contributed by atoms with Crippen molar-refractivity contribution in [1.82, 2.24) is 0 Å². The van der Waals surface area contributed by atoms with Crippen LogP contribution in [0.15, 0.2) is 66.7 Å². The molecule has 4 rings (SSSR count). The van der Waals surface area contributed by atoms with Crippen LogP contribution < -0.4 is 14.5 Å². The summed E-state index contributed by atoms with van der Waals surface area (Å²) in [7, 11) is 1.56. The number of para-hydroxylation sites is 2. The lowest BCUT2D eigenvalue weighted by Gasteiger charge is -2.40. The summed E-state index contributed by atoms with van der Waals surface area (Å²) in [5.74, 6) is -2.53. The number of carbonyl (C=O) groups excluding carboxylic acids is 2. The van der Waals surface area contributed by atoms with E-state index in [1.54, 1.807) is 49.3 Å². The number of rotatable bonds is 4. The highest BCUT2D eigenvalue weighted by Crippen LogP contribution is 2.38. The van der Waals surface area contributed by atoms with E-state index in [0.29, 0.717) is 17.1 Å². The van der Waals surface area contributed by atoms with Crippen molar-refractivity contribution in [3.63, 3.8) is 0 Å². The van der Waals surface area contributed by atoms with Crippen LogP contribution in [-0.2, 0) is 11.3 Å². The summed E-state index contributed by atoms with van der Waals surface area (Å²) in [4.78, 5) is 29.2. The van der Waals surface area contributed by atoms with Gasteiger partial charge in [0.2, 0.25) is 5.91 Å². The van der Waals surface area contributed by atoms with Crippen molar-refractivity contribution in [2.45, 2.75) is 19.5 Å². The van der Waals surface area contributed by atoms with Crippen LogP contribution >= 0.6 is 0 Å². The Balaban J connectivity index is 1.77. The molecule has 1 aliphatic heterocycles. The van der Waals surface area contributed by atoms with Crippen molar-refractivity contribution in [1.29, 1.82) is 0 Å². The summed E-state index contributed by atoms with van der Waals surface area (Å²) in [5.41, 5.74) is 1.05. The molecule has 0 saturated heterocycles. The first kappa shape index (κ1) is 20.5. The van der Waals surface area contributed by atoms with Gasteiger partial charge in [-0.15, -0.1) is 0 Å². The first-order valence-electron chi connectivity index (χ1n) is 9.73. The summed E-state index contributed by atoms with van der Waals surface area (Å²) in [6.45, 7) is 1.81. The molecule has 0 bridgehead atoms. The number of fused-ring (bicyclic) bond motifs is 1. The number of anilines is 2. The Labute approximate surface area is 178 Å². The van der Waals surface area contributed by atoms with Gasteiger partial charge in [-0.1, -0.05) is 30.3 Å². The van der Waals surface area contributed by atoms with Crippen molar-refractivity contribution in [3.05, 3.63) is 89.5 Å². The quantitative estimate of drug-likeness (QED) is 0.620. The standard InChI is InChI=1S/C24H20F2N2O3/c1-15-23(29)27(14-16-7-5-8-17(13-16)31-2)20-11-3-4-12-21(20)28(15)24(30)22-18(25)9-6-10-19(22)26/h3-13,15H,14H2,1-2H3/t15-/m0/s1. The largest absolute Gasteiger partial charge is 0.497 e. The van der Waals surface area contributed by atoms with Crippen molar-refractivity contribution < 1.29 is 23.1 Å². The van der Waals surface area contributed by atoms with E-state index >= 15 is 0 Å². The maximum Gasteiger partial charge on any atom is 0.265 e. The first-order valence-corrected chi connectivity index (χ1v) is 9.73. The average Bonchev–Trinajstić information content (AvgIpc) is 2.77. The van der Waals surface area contributed by atoms with Crippen LogP contribution in [0.2, 0.25) is 0 Å². The molecule has 7 heteroatoms. The third kappa shape index (κ3) is 3.63. The van der Waals surface area contributed by atoms with Crippen LogP contribution in [0.3, 0.4) is 0 Å². The molecule has 0 N–H and O–H groups in total. The van der Waals surface area contributed by atoms with Crippen LogP contribution in [0.25, 0.3) is 0 Å². The number of hydrogen-bond donors (Lipinski definition) is 0. The fraction of sp³-hybridized carbons (Fsp3) is 0.167. The Kier molecular flexibility index (Phi) is 5.42. The molecule has 0 saturated carbocycles. The fourth-order valence-electron chi connectivity index (χ4n) is 3.78. The molecule has 0 aromatic heterocycles. The van der Waals surface area contributed by atoms with E-state index in [1.165, 1.54) is 6.07 Å². The van der Waals surface area contributed by atoms with E-state index in [1.807, 2.05) is 18.2 Å². The van der Waals surface area contributed by atoms with Gasteiger partial charge in [-0.2, -0.15) is 0 Å². The molecule has 0 fully saturated rings. The van der Waals surface area contributed by atoms with Crippen LogP contribution in [0, 0.1) is 11.6 Å². The number of hydrogen-bond acceptors (Lipinski definition) is 3. The molecule has 3 aromatic carbocycles. The van der Waals surface area contributed by atoms with E-state index in [-0.39, 0.29) is 12.5 Å². The first-order chi connectivity index (χ1) is 14.9. The van der Waals surface area contributed by atoms with Gasteiger partial charge in [0.25, 0.3) is 5.91 Å². The molecule has 5 nitrogen and oxygen atoms in total. The van der Waals surface area contributed by atoms with Crippen LogP contribution in [0.1, 0.15) is 22.8 Å². The third-order valence-corrected chi connectivity index (χ3v) is 5.31. The zero-order valence-corrected chi connectivity index (χ0v) is 17.0. The van der Waals surface area contributed by atoms with E-state index < -0.39 is 29.1 Å². The SMILES string of the molecule is COc1cccc(CN2C(=O)[C@H](C)N(C(=O)c3c(F)cccc3F)c3ccccc32)c1. The minimum atomic E-state index is -0.971. The highest BCUT2D eigenvalue weighted by molar-refractivity contribution is 6.17. The Morgan fingerprint density at radius 1 is 0.968 bits per heavy atom. The molecule has 158 valence electrons. The van der Waals surface area contributed by atoms with E-state index in [4.69, 9.17) is 4.74 Å². The molecule has 1 atom stereocenters. The molecule has 0 aliphatic carbocycles. The summed E-state index contributed by atoms with van der Waals surface area (Å²) in [5, 5.41) is 0. The second-order valence-corrected chi connectivity index (χ2v) is 7.21. The van der Waals surface area contributed by atoms with Crippen LogP contribution in [-0.4, -0.2) is 25.0 Å². The fourth-order valence-corrected chi connectivity index (χ4v) is 3.78. The zero-order valence-electron chi connectivity index (χ0n) is 17.0. The van der Waals surface area contributed by atoms with Gasteiger partial charge in [-0.3, -0.25) is 14.5 Å². The van der Waals surface area contributed by atoms with Gasteiger partial charge in [-0.05, 0) is 48.9 Å². The molecule has 0 unspecified atom stereocenters. The summed E-state index contributed by atoms with van der Waals surface area (Å²) in [6.07, 6.45) is 0. The molecule has 0 spiro atoms. The average molecular weight is 422 g/mol. The Morgan fingerprint density at radius 2 is 1.61 bits per heavy atom. The predicted molar refractivity (Wildman–Crippen MR) is 113 cm³/mol. The van der Waals surface area contributed by atoms with Crippen LogP contribution in [0.5, 0.6) is 5.75 Å². The topological polar surface area (TPSA) is 49.9 Å². The van der Waals surface area contributed by atoms with Gasteiger partial charge >= 0.3 is 0 Å². The molecule has 1 heterocycles. The number of benzene rings is 3. The zero-order chi connectivity index (χ0) is 22.1. The monoisotopic (exact) mass is 422 g/mol. The predicted octanol–water partition coefficient (Wildman–Crippen LogP) is 4.56. The summed E-state index contributed by atoms with van der Waals surface area (Å²) >= 11 is 0. The number of amides is 2. The lowest BCUT2D eigenvalue weighted by Crippen LogP contribution is -2.54. The van der Waals surface area contributed by atoms with Gasteiger partial charge in [0.1, 0.15) is 29.0 Å². The Morgan fingerprint density at radius 3 is 2.29 bits per heavy atom. The maximum absolute atomic E-state index is 14.3. The second-order valence-electron chi connectivity index (χ2n) is 7.21. The number of halogens is 2. The Bertz CT molecular complexity index is 1140. The third-order valence-electron chi connectivity index (χ3n) is 5.31. The maximum atomic E-state index is 14.3. The van der Waals surface area contributed by atoms with Crippen molar-refractivity contribution in [3.8, 4) is 5.75 Å². The van der Waals surface area contributed by atoms with Crippen molar-refractivity contribution in [2.75, 3.05) is 16.9 Å². The summed E-state index contributed by atoms with van der Waals surface area (Å²) in [6, 6.07) is 16.4. The number of methoxy groups -OCH3 is 1. The molecule has 1 aliphatic rings. The lowest BCUT2D eigenvalue weighted by atomic mass is 10.0. The number of nitrogens with zero attached hydrogens (tertiary/aromatic N) is 2. The lowest BCUT2D eigenvalue weighted by molar-refractivity contribution is -0.119. The smallest absolute Gasteiger partial charge is 0.265 e.